The molecule has 1 aromatic heterocycles. The topological polar surface area (TPSA) is 101 Å². The molecule has 9 nitrogen and oxygen atoms in total. The lowest BCUT2D eigenvalue weighted by atomic mass is 10.1. The fraction of sp³-hybridized carbons (Fsp3) is 0.375. The van der Waals surface area contributed by atoms with Gasteiger partial charge in [-0.3, -0.25) is 4.90 Å². The second kappa shape index (κ2) is 10.2. The number of nitrogens with one attached hydrogen (secondary N) is 1. The lowest BCUT2D eigenvalue weighted by molar-refractivity contribution is -0.199. The summed E-state index contributed by atoms with van der Waals surface area (Å²) in [7, 11) is -3.65. The Morgan fingerprint density at radius 2 is 2.00 bits per heavy atom. The van der Waals surface area contributed by atoms with Gasteiger partial charge in [0, 0.05) is 43.2 Å². The summed E-state index contributed by atoms with van der Waals surface area (Å²) >= 11 is 0. The third-order valence-electron chi connectivity index (χ3n) is 5.89. The molecule has 0 amide bonds. The van der Waals surface area contributed by atoms with Crippen molar-refractivity contribution in [1.29, 1.82) is 0 Å². The van der Waals surface area contributed by atoms with Crippen LogP contribution in [0.5, 0.6) is 5.75 Å². The monoisotopic (exact) mass is 541 g/mol. The predicted octanol–water partition coefficient (Wildman–Crippen LogP) is 3.76. The van der Waals surface area contributed by atoms with Crippen LogP contribution in [0.4, 0.5) is 18.9 Å². The van der Waals surface area contributed by atoms with E-state index in [1.54, 1.807) is 19.1 Å². The Balaban J connectivity index is 1.83. The number of alkyl halides is 3. The van der Waals surface area contributed by atoms with Crippen LogP contribution >= 0.6 is 0 Å². The number of aryl methyl sites for hydroxylation is 1. The van der Waals surface area contributed by atoms with Crippen molar-refractivity contribution in [2.24, 2.45) is 0 Å². The molecular weight excluding hydrogens is 515 g/mol. The van der Waals surface area contributed by atoms with Gasteiger partial charge < -0.3 is 19.3 Å². The summed E-state index contributed by atoms with van der Waals surface area (Å²) in [5.41, 5.74) is 1.09. The molecule has 2 heterocycles. The van der Waals surface area contributed by atoms with Crippen LogP contribution in [0.1, 0.15) is 18.1 Å². The van der Waals surface area contributed by atoms with Gasteiger partial charge in [0.05, 0.1) is 18.3 Å². The molecule has 13 heteroatoms. The van der Waals surface area contributed by atoms with E-state index in [4.69, 9.17) is 9.15 Å². The highest BCUT2D eigenvalue weighted by Gasteiger charge is 2.45. The summed E-state index contributed by atoms with van der Waals surface area (Å²) in [5, 5.41) is 3.75. The minimum Gasteiger partial charge on any atom is -0.494 e. The van der Waals surface area contributed by atoms with Crippen molar-refractivity contribution in [3.05, 3.63) is 53.8 Å². The number of rotatable bonds is 7. The molecule has 1 saturated heterocycles. The molecule has 2 aromatic carbocycles. The number of fused-ring (bicyclic) bond motifs is 1. The molecule has 0 aliphatic carbocycles. The van der Waals surface area contributed by atoms with Crippen molar-refractivity contribution >= 4 is 32.6 Å². The molecule has 1 aliphatic rings. The lowest BCUT2D eigenvalue weighted by Gasteiger charge is -2.32. The SMILES string of the molecule is COc1ccc(C)cc1N(OC(=O)C(F)(F)F)S(=O)(=O)c1cc(CN2CCNC(C)C2)c2occc2c1. The van der Waals surface area contributed by atoms with Crippen molar-refractivity contribution in [3.8, 4) is 5.75 Å². The Hall–Kier alpha value is -3.29. The molecule has 3 aromatic rings. The van der Waals surface area contributed by atoms with E-state index in [1.807, 2.05) is 6.92 Å². The smallest absolute Gasteiger partial charge is 0.493 e. The summed E-state index contributed by atoms with van der Waals surface area (Å²) in [6, 6.07) is 8.54. The summed E-state index contributed by atoms with van der Waals surface area (Å²) in [6.45, 7) is 6.12. The van der Waals surface area contributed by atoms with Crippen LogP contribution in [0.2, 0.25) is 0 Å². The Bertz CT molecular complexity index is 1410. The molecule has 37 heavy (non-hydrogen) atoms. The molecule has 1 atom stereocenters. The summed E-state index contributed by atoms with van der Waals surface area (Å²) in [4.78, 5) is 18.0. The van der Waals surface area contributed by atoms with Gasteiger partial charge in [-0.1, -0.05) is 10.5 Å². The molecule has 0 spiro atoms. The summed E-state index contributed by atoms with van der Waals surface area (Å²) in [5.74, 6) is -2.80. The molecule has 1 unspecified atom stereocenters. The predicted molar refractivity (Wildman–Crippen MR) is 128 cm³/mol. The van der Waals surface area contributed by atoms with Crippen molar-refractivity contribution in [2.75, 3.05) is 31.2 Å². The van der Waals surface area contributed by atoms with Gasteiger partial charge in [-0.2, -0.15) is 21.6 Å². The van der Waals surface area contributed by atoms with Crippen LogP contribution in [-0.4, -0.2) is 58.2 Å². The third-order valence-corrected chi connectivity index (χ3v) is 7.43. The van der Waals surface area contributed by atoms with Gasteiger partial charge in [0.1, 0.15) is 17.0 Å². The van der Waals surface area contributed by atoms with Gasteiger partial charge >= 0.3 is 12.1 Å². The zero-order chi connectivity index (χ0) is 27.0. The number of sulfonamides is 1. The summed E-state index contributed by atoms with van der Waals surface area (Å²) in [6.07, 6.45) is -4.04. The maximum Gasteiger partial charge on any atom is 0.493 e. The highest BCUT2D eigenvalue weighted by Crippen LogP contribution is 2.36. The molecule has 4 rings (SSSR count). The maximum absolute atomic E-state index is 13.8. The number of hydrogen-bond donors (Lipinski definition) is 1. The van der Waals surface area contributed by atoms with E-state index in [-0.39, 0.29) is 26.8 Å². The van der Waals surface area contributed by atoms with Crippen LogP contribution in [0.3, 0.4) is 0 Å². The normalized spacial score (nSPS) is 17.1. The van der Waals surface area contributed by atoms with Gasteiger partial charge in [-0.05, 0) is 49.7 Å². The average molecular weight is 542 g/mol. The summed E-state index contributed by atoms with van der Waals surface area (Å²) < 4.78 is 77.8. The van der Waals surface area contributed by atoms with E-state index in [9.17, 15) is 26.4 Å². The van der Waals surface area contributed by atoms with Crippen molar-refractivity contribution in [3.63, 3.8) is 0 Å². The molecular formula is C24H26F3N3O6S. The van der Waals surface area contributed by atoms with E-state index < -0.39 is 22.2 Å². The van der Waals surface area contributed by atoms with Crippen LogP contribution in [0.15, 0.2) is 52.0 Å². The molecule has 1 aliphatic heterocycles. The third kappa shape index (κ3) is 5.68. The Morgan fingerprint density at radius 1 is 1.24 bits per heavy atom. The van der Waals surface area contributed by atoms with Gasteiger partial charge in [0.15, 0.2) is 0 Å². The molecule has 0 saturated carbocycles. The molecule has 200 valence electrons. The van der Waals surface area contributed by atoms with Crippen LogP contribution in [0, 0.1) is 6.92 Å². The fourth-order valence-corrected chi connectivity index (χ4v) is 5.51. The number of halogens is 3. The van der Waals surface area contributed by atoms with Crippen molar-refractivity contribution < 1.29 is 40.4 Å². The van der Waals surface area contributed by atoms with E-state index in [1.165, 1.54) is 37.6 Å². The number of benzene rings is 2. The Labute approximate surface area is 211 Å². The quantitative estimate of drug-likeness (QED) is 0.452. The minimum absolute atomic E-state index is 0.0351. The Kier molecular flexibility index (Phi) is 7.40. The van der Waals surface area contributed by atoms with E-state index in [2.05, 4.69) is 15.1 Å². The number of ether oxygens (including phenoxy) is 1. The van der Waals surface area contributed by atoms with Gasteiger partial charge in [0.25, 0.3) is 10.0 Å². The molecule has 1 fully saturated rings. The average Bonchev–Trinajstić information content (AvgIpc) is 3.31. The molecule has 0 bridgehead atoms. The first-order chi connectivity index (χ1) is 17.4. The largest absolute Gasteiger partial charge is 0.494 e. The van der Waals surface area contributed by atoms with E-state index >= 15 is 0 Å². The zero-order valence-electron chi connectivity index (χ0n) is 20.3. The van der Waals surface area contributed by atoms with Crippen molar-refractivity contribution in [1.82, 2.24) is 10.2 Å². The number of hydrogen-bond acceptors (Lipinski definition) is 8. The molecule has 1 N–H and O–H groups in total. The number of carbonyl (C=O) groups excluding carboxylic acids is 1. The number of anilines is 1. The van der Waals surface area contributed by atoms with E-state index in [0.717, 1.165) is 6.54 Å². The first kappa shape index (κ1) is 26.8. The number of methoxy groups -OCH3 is 1. The number of nitrogens with zero attached hydrogens (tertiary/aromatic N) is 2. The second-order valence-electron chi connectivity index (χ2n) is 8.80. The minimum atomic E-state index is -5.44. The van der Waals surface area contributed by atoms with Crippen LogP contribution in [-0.2, 0) is 26.2 Å². The second-order valence-corrected chi connectivity index (χ2v) is 10.5. The first-order valence-corrected chi connectivity index (χ1v) is 12.8. The lowest BCUT2D eigenvalue weighted by Crippen LogP contribution is -2.48. The Morgan fingerprint density at radius 3 is 2.68 bits per heavy atom. The zero-order valence-corrected chi connectivity index (χ0v) is 21.1. The van der Waals surface area contributed by atoms with Gasteiger partial charge in [-0.15, -0.1) is 0 Å². The highest BCUT2D eigenvalue weighted by atomic mass is 32.2. The first-order valence-electron chi connectivity index (χ1n) is 11.3. The number of piperazine rings is 1. The highest BCUT2D eigenvalue weighted by molar-refractivity contribution is 7.92. The van der Waals surface area contributed by atoms with Gasteiger partial charge in [0.2, 0.25) is 0 Å². The number of carbonyl (C=O) groups is 1. The maximum atomic E-state index is 13.8. The molecule has 0 radical (unpaired) electrons. The van der Waals surface area contributed by atoms with E-state index in [0.29, 0.717) is 41.7 Å². The van der Waals surface area contributed by atoms with Crippen LogP contribution in [0.25, 0.3) is 11.0 Å². The van der Waals surface area contributed by atoms with Gasteiger partial charge in [-0.25, -0.2) is 4.79 Å². The fourth-order valence-electron chi connectivity index (χ4n) is 4.18. The standard InChI is InChI=1S/C24H26F3N3O6S/c1-15-4-5-21(34-3)20(10-15)30(36-23(31)24(25,26)27)37(32,33)19-11-17-6-9-35-22(17)18(12-19)14-29-8-7-28-16(2)13-29/h4-6,9-12,16,28H,7-8,13-14H2,1-3H3. The van der Waals surface area contributed by atoms with Crippen LogP contribution < -0.4 is 14.5 Å². The van der Waals surface area contributed by atoms with Crippen molar-refractivity contribution in [2.45, 2.75) is 37.5 Å². The number of furan rings is 1.